The molecule has 2 unspecified atom stereocenters. The number of pyridine rings is 2. The predicted octanol–water partition coefficient (Wildman–Crippen LogP) is 1.85. The van der Waals surface area contributed by atoms with Crippen molar-refractivity contribution in [1.82, 2.24) is 19.6 Å². The maximum atomic E-state index is 10.2. The number of nitrogens with two attached hydrogens (primary N) is 2. The number of piperidine rings is 1. The Balaban J connectivity index is 1.55. The van der Waals surface area contributed by atoms with E-state index < -0.39 is 0 Å². The zero-order valence-electron chi connectivity index (χ0n) is 17.3. The zero-order valence-corrected chi connectivity index (χ0v) is 18.1. The van der Waals surface area contributed by atoms with Crippen LogP contribution in [-0.2, 0) is 11.3 Å². The number of hydrogen-bond donors (Lipinski definition) is 3. The summed E-state index contributed by atoms with van der Waals surface area (Å²) >= 11 is 6.45. The number of aromatic nitrogens is 4. The van der Waals surface area contributed by atoms with Crippen molar-refractivity contribution in [3.63, 3.8) is 0 Å². The van der Waals surface area contributed by atoms with Crippen molar-refractivity contribution in [3.05, 3.63) is 35.2 Å². The Morgan fingerprint density at radius 1 is 1.32 bits per heavy atom. The van der Waals surface area contributed by atoms with Gasteiger partial charge in [0, 0.05) is 41.9 Å². The Kier molecular flexibility index (Phi) is 5.01. The average Bonchev–Trinajstić information content (AvgIpc) is 3.37. The highest BCUT2D eigenvalue weighted by Gasteiger charge is 2.47. The van der Waals surface area contributed by atoms with E-state index in [0.717, 1.165) is 31.7 Å². The number of fused-ring (bicyclic) bond motifs is 1. The molecule has 31 heavy (non-hydrogen) atoms. The molecule has 164 valence electrons. The van der Waals surface area contributed by atoms with Crippen molar-refractivity contribution in [2.75, 3.05) is 30.3 Å². The smallest absolute Gasteiger partial charge is 0.165 e. The van der Waals surface area contributed by atoms with Gasteiger partial charge in [-0.3, -0.25) is 0 Å². The summed E-state index contributed by atoms with van der Waals surface area (Å²) in [5.41, 5.74) is 15.1. The van der Waals surface area contributed by atoms with Crippen LogP contribution in [0.3, 0.4) is 0 Å². The third kappa shape index (κ3) is 3.15. The molecule has 0 aromatic carbocycles. The number of hydrogen-bond acceptors (Lipinski definition) is 8. The van der Waals surface area contributed by atoms with E-state index in [1.165, 1.54) is 6.33 Å². The van der Waals surface area contributed by atoms with Gasteiger partial charge in [0.05, 0.1) is 24.3 Å². The summed E-state index contributed by atoms with van der Waals surface area (Å²) < 4.78 is 7.65. The van der Waals surface area contributed by atoms with Crippen LogP contribution < -0.4 is 16.4 Å². The van der Waals surface area contributed by atoms with Crippen LogP contribution in [0.4, 0.5) is 11.6 Å². The molecule has 2 aliphatic heterocycles. The molecular weight excluding hydrogens is 418 g/mol. The molecule has 0 bridgehead atoms. The summed E-state index contributed by atoms with van der Waals surface area (Å²) in [6.07, 6.45) is 5.08. The van der Waals surface area contributed by atoms with Gasteiger partial charge in [0.2, 0.25) is 0 Å². The summed E-state index contributed by atoms with van der Waals surface area (Å²) in [7, 11) is 0. The van der Waals surface area contributed by atoms with Gasteiger partial charge >= 0.3 is 0 Å². The number of ether oxygens (including phenoxy) is 1. The summed E-state index contributed by atoms with van der Waals surface area (Å²) in [5.74, 6) is 1.12. The largest absolute Gasteiger partial charge is 0.392 e. The molecule has 9 nitrogen and oxygen atoms in total. The number of aliphatic hydroxyl groups is 1. The molecular formula is C21H26ClN7O2. The van der Waals surface area contributed by atoms with E-state index in [-0.39, 0.29) is 30.0 Å². The molecule has 1 spiro atoms. The number of halogens is 1. The molecule has 0 radical (unpaired) electrons. The number of aliphatic hydroxyl groups excluding tert-OH is 1. The maximum Gasteiger partial charge on any atom is 0.165 e. The van der Waals surface area contributed by atoms with E-state index in [1.807, 2.05) is 13.0 Å². The molecule has 2 fully saturated rings. The van der Waals surface area contributed by atoms with Crippen LogP contribution in [0.2, 0.25) is 5.02 Å². The third-order valence-electron chi connectivity index (χ3n) is 6.90. The number of nitrogen functional groups attached to an aromatic ring is 1. The average molecular weight is 444 g/mol. The summed E-state index contributed by atoms with van der Waals surface area (Å²) in [4.78, 5) is 10.8. The first kappa shape index (κ1) is 20.4. The van der Waals surface area contributed by atoms with Gasteiger partial charge in [-0.15, -0.1) is 0 Å². The zero-order chi connectivity index (χ0) is 21.8. The summed E-state index contributed by atoms with van der Waals surface area (Å²) in [5, 5.41) is 15.0. The van der Waals surface area contributed by atoms with Crippen LogP contribution in [0.5, 0.6) is 0 Å². The molecule has 5 rings (SSSR count). The van der Waals surface area contributed by atoms with Gasteiger partial charge in [-0.05, 0) is 37.5 Å². The molecule has 2 atom stereocenters. The summed E-state index contributed by atoms with van der Waals surface area (Å²) in [6.45, 7) is 4.24. The standard InChI is InChI=1S/C21H26ClN7O2/c1-12-18(23)21(10-31-12)3-6-28(7-4-21)15-8-13(9-30)16(20-26-11-27-29(15)20)14-2-5-25-19(24)17(14)22/h2,5,8,11-12,18,30H,3-4,6-7,9-10,23H2,1H3,(H2,24,25). The van der Waals surface area contributed by atoms with Crippen LogP contribution in [-0.4, -0.2) is 56.5 Å². The molecule has 0 saturated carbocycles. The van der Waals surface area contributed by atoms with Gasteiger partial charge in [0.25, 0.3) is 0 Å². The summed E-state index contributed by atoms with van der Waals surface area (Å²) in [6, 6.07) is 3.78. The lowest BCUT2D eigenvalue weighted by molar-refractivity contribution is 0.0974. The fraction of sp³-hybridized carbons (Fsp3) is 0.476. The Morgan fingerprint density at radius 2 is 2.10 bits per heavy atom. The van der Waals surface area contributed by atoms with Crippen LogP contribution in [0.25, 0.3) is 16.8 Å². The number of nitrogens with zero attached hydrogens (tertiary/aromatic N) is 5. The van der Waals surface area contributed by atoms with Gasteiger partial charge in [0.1, 0.15) is 18.0 Å². The lowest BCUT2D eigenvalue weighted by Gasteiger charge is -2.42. The second kappa shape index (κ2) is 7.59. The van der Waals surface area contributed by atoms with Crippen molar-refractivity contribution in [1.29, 1.82) is 0 Å². The van der Waals surface area contributed by atoms with Crippen molar-refractivity contribution in [2.45, 2.75) is 38.5 Å². The maximum absolute atomic E-state index is 10.2. The van der Waals surface area contributed by atoms with Crippen molar-refractivity contribution in [2.24, 2.45) is 11.1 Å². The van der Waals surface area contributed by atoms with E-state index in [9.17, 15) is 5.11 Å². The molecule has 0 amide bonds. The molecule has 3 aromatic heterocycles. The van der Waals surface area contributed by atoms with Crippen molar-refractivity contribution < 1.29 is 9.84 Å². The number of anilines is 2. The molecule has 2 aliphatic rings. The highest BCUT2D eigenvalue weighted by molar-refractivity contribution is 6.35. The number of rotatable bonds is 3. The van der Waals surface area contributed by atoms with Crippen molar-refractivity contribution in [3.8, 4) is 11.1 Å². The Morgan fingerprint density at radius 3 is 2.77 bits per heavy atom. The van der Waals surface area contributed by atoms with Crippen LogP contribution in [0, 0.1) is 5.41 Å². The predicted molar refractivity (Wildman–Crippen MR) is 119 cm³/mol. The minimum Gasteiger partial charge on any atom is -0.392 e. The van der Waals surface area contributed by atoms with E-state index in [0.29, 0.717) is 34.0 Å². The topological polar surface area (TPSA) is 128 Å². The lowest BCUT2D eigenvalue weighted by atomic mass is 9.73. The van der Waals surface area contributed by atoms with Crippen LogP contribution in [0.1, 0.15) is 25.3 Å². The van der Waals surface area contributed by atoms with Gasteiger partial charge in [-0.2, -0.15) is 9.61 Å². The van der Waals surface area contributed by atoms with Gasteiger partial charge < -0.3 is 26.2 Å². The quantitative estimate of drug-likeness (QED) is 0.559. The van der Waals surface area contributed by atoms with Crippen LogP contribution >= 0.6 is 11.6 Å². The molecule has 3 aromatic rings. The molecule has 2 saturated heterocycles. The fourth-order valence-corrected chi connectivity index (χ4v) is 5.17. The second-order valence-corrected chi connectivity index (χ2v) is 8.88. The minimum absolute atomic E-state index is 0.0270. The van der Waals surface area contributed by atoms with E-state index in [1.54, 1.807) is 16.8 Å². The molecule has 5 N–H and O–H groups in total. The minimum atomic E-state index is -0.168. The lowest BCUT2D eigenvalue weighted by Crippen LogP contribution is -2.51. The van der Waals surface area contributed by atoms with Crippen LogP contribution in [0.15, 0.2) is 24.7 Å². The normalized spacial score (nSPS) is 23.2. The first-order valence-electron chi connectivity index (χ1n) is 10.4. The molecule has 0 aliphatic carbocycles. The molecule has 5 heterocycles. The van der Waals surface area contributed by atoms with E-state index >= 15 is 0 Å². The van der Waals surface area contributed by atoms with Gasteiger partial charge in [-0.25, -0.2) is 9.97 Å². The SMILES string of the molecule is CC1OCC2(CCN(c3cc(CO)c(-c4ccnc(N)c4Cl)c4ncnn34)CC2)C1N. The second-order valence-electron chi connectivity index (χ2n) is 8.51. The van der Waals surface area contributed by atoms with Crippen molar-refractivity contribution >= 4 is 28.9 Å². The Hall–Kier alpha value is -2.46. The fourth-order valence-electron chi connectivity index (χ4n) is 4.96. The Labute approximate surface area is 185 Å². The van der Waals surface area contributed by atoms with E-state index in [4.69, 9.17) is 27.8 Å². The van der Waals surface area contributed by atoms with Gasteiger partial charge in [-0.1, -0.05) is 11.6 Å². The monoisotopic (exact) mass is 443 g/mol. The molecule has 10 heteroatoms. The van der Waals surface area contributed by atoms with Gasteiger partial charge in [0.15, 0.2) is 5.65 Å². The highest BCUT2D eigenvalue weighted by Crippen LogP contribution is 2.43. The first-order chi connectivity index (χ1) is 14.9. The first-order valence-corrected chi connectivity index (χ1v) is 10.8. The Bertz CT molecular complexity index is 1130. The third-order valence-corrected chi connectivity index (χ3v) is 7.30. The highest BCUT2D eigenvalue weighted by atomic mass is 35.5. The van der Waals surface area contributed by atoms with E-state index in [2.05, 4.69) is 20.0 Å².